The molecular formula is C14H21N3O4. The monoisotopic (exact) mass is 295 g/mol. The fraction of sp³-hybridized carbons (Fsp3) is 0.786. The Morgan fingerprint density at radius 3 is 2.57 bits per heavy atom. The second-order valence-electron chi connectivity index (χ2n) is 6.22. The largest absolute Gasteiger partial charge is 0.477 e. The number of amides is 1. The predicted octanol–water partition coefficient (Wildman–Crippen LogP) is 0.347. The van der Waals surface area contributed by atoms with Crippen LogP contribution in [0, 0.1) is 0 Å². The van der Waals surface area contributed by atoms with Crippen LogP contribution >= 0.6 is 0 Å². The Hall–Kier alpha value is -1.63. The third kappa shape index (κ3) is 2.88. The lowest BCUT2D eigenvalue weighted by Gasteiger charge is -2.47. The molecule has 116 valence electrons. The summed E-state index contributed by atoms with van der Waals surface area (Å²) in [6.45, 7) is 0. The van der Waals surface area contributed by atoms with E-state index >= 15 is 0 Å². The SMILES string of the molecule is CN1C2CCCC1CC(NC(=O)C1CC(C(=O)O)=NO1)C2. The third-order valence-corrected chi connectivity index (χ3v) is 4.89. The highest BCUT2D eigenvalue weighted by molar-refractivity contribution is 6.36. The van der Waals surface area contributed by atoms with E-state index in [2.05, 4.69) is 22.4 Å². The van der Waals surface area contributed by atoms with E-state index < -0.39 is 12.1 Å². The van der Waals surface area contributed by atoms with Crippen LogP contribution in [-0.2, 0) is 14.4 Å². The van der Waals surface area contributed by atoms with E-state index in [1.54, 1.807) is 0 Å². The molecule has 0 aromatic carbocycles. The van der Waals surface area contributed by atoms with Crippen molar-refractivity contribution in [2.24, 2.45) is 5.16 Å². The number of hydrogen-bond acceptors (Lipinski definition) is 5. The van der Waals surface area contributed by atoms with Crippen LogP contribution in [-0.4, -0.2) is 58.9 Å². The van der Waals surface area contributed by atoms with Gasteiger partial charge in [0.05, 0.1) is 0 Å². The zero-order valence-corrected chi connectivity index (χ0v) is 12.1. The lowest BCUT2D eigenvalue weighted by atomic mass is 9.82. The van der Waals surface area contributed by atoms with Crippen LogP contribution in [0.3, 0.4) is 0 Å². The Kier molecular flexibility index (Phi) is 3.84. The number of aliphatic carboxylic acids is 1. The minimum Gasteiger partial charge on any atom is -0.477 e. The standard InChI is InChI=1S/C14H21N3O4/c1-17-9-3-2-4-10(17)6-8(5-9)15-13(18)12-7-11(14(19)20)16-21-12/h8-10,12H,2-7H2,1H3,(H,15,18)(H,19,20). The smallest absolute Gasteiger partial charge is 0.353 e. The highest BCUT2D eigenvalue weighted by Gasteiger charge is 2.38. The number of hydrogen-bond donors (Lipinski definition) is 2. The van der Waals surface area contributed by atoms with E-state index in [1.165, 1.54) is 19.3 Å². The van der Waals surface area contributed by atoms with Gasteiger partial charge in [-0.25, -0.2) is 4.79 Å². The number of nitrogens with one attached hydrogen (secondary N) is 1. The summed E-state index contributed by atoms with van der Waals surface area (Å²) in [5.74, 6) is -1.37. The van der Waals surface area contributed by atoms with Crippen molar-refractivity contribution in [2.75, 3.05) is 7.05 Å². The summed E-state index contributed by atoms with van der Waals surface area (Å²) in [4.78, 5) is 30.3. The van der Waals surface area contributed by atoms with Crippen molar-refractivity contribution in [1.29, 1.82) is 0 Å². The van der Waals surface area contributed by atoms with Crippen molar-refractivity contribution in [2.45, 2.75) is 62.8 Å². The molecule has 2 saturated heterocycles. The summed E-state index contributed by atoms with van der Waals surface area (Å²) in [6, 6.07) is 1.23. The van der Waals surface area contributed by atoms with E-state index in [1.807, 2.05) is 0 Å². The van der Waals surface area contributed by atoms with Crippen molar-refractivity contribution in [3.05, 3.63) is 0 Å². The van der Waals surface area contributed by atoms with E-state index in [4.69, 9.17) is 9.94 Å². The van der Waals surface area contributed by atoms with Crippen molar-refractivity contribution in [1.82, 2.24) is 10.2 Å². The van der Waals surface area contributed by atoms with Gasteiger partial charge in [-0.15, -0.1) is 0 Å². The molecule has 3 rings (SSSR count). The molecule has 3 unspecified atom stereocenters. The first-order chi connectivity index (χ1) is 10.0. The number of oxime groups is 1. The van der Waals surface area contributed by atoms with Crippen molar-refractivity contribution < 1.29 is 19.5 Å². The van der Waals surface area contributed by atoms with Gasteiger partial charge in [0.25, 0.3) is 5.91 Å². The Morgan fingerprint density at radius 1 is 1.33 bits per heavy atom. The third-order valence-electron chi connectivity index (χ3n) is 4.89. The zero-order chi connectivity index (χ0) is 15.0. The molecule has 0 aromatic heterocycles. The van der Waals surface area contributed by atoms with Crippen molar-refractivity contribution in [3.63, 3.8) is 0 Å². The first-order valence-corrected chi connectivity index (χ1v) is 7.53. The van der Waals surface area contributed by atoms with Crippen molar-refractivity contribution >= 4 is 17.6 Å². The molecule has 1 amide bonds. The average Bonchev–Trinajstić information content (AvgIpc) is 2.90. The molecule has 0 spiro atoms. The summed E-state index contributed by atoms with van der Waals surface area (Å²) in [7, 11) is 2.17. The van der Waals surface area contributed by atoms with Gasteiger partial charge in [-0.3, -0.25) is 4.79 Å². The van der Waals surface area contributed by atoms with Gasteiger partial charge in [-0.05, 0) is 32.7 Å². The molecule has 21 heavy (non-hydrogen) atoms. The van der Waals surface area contributed by atoms with Crippen LogP contribution in [0.5, 0.6) is 0 Å². The lowest BCUT2D eigenvalue weighted by molar-refractivity contribution is -0.132. The quantitative estimate of drug-likeness (QED) is 0.784. The molecule has 3 aliphatic heterocycles. The molecule has 3 heterocycles. The summed E-state index contributed by atoms with van der Waals surface area (Å²) in [6.07, 6.45) is 4.80. The van der Waals surface area contributed by atoms with Gasteiger partial charge in [0.2, 0.25) is 6.10 Å². The van der Waals surface area contributed by atoms with E-state index in [0.717, 1.165) is 12.8 Å². The van der Waals surface area contributed by atoms with Crippen LogP contribution in [0.1, 0.15) is 38.5 Å². The molecular weight excluding hydrogens is 274 g/mol. The van der Waals surface area contributed by atoms with E-state index in [0.29, 0.717) is 12.1 Å². The zero-order valence-electron chi connectivity index (χ0n) is 12.1. The molecule has 0 aliphatic carbocycles. The molecule has 7 heteroatoms. The molecule has 3 aliphatic rings. The molecule has 7 nitrogen and oxygen atoms in total. The van der Waals surface area contributed by atoms with Crippen LogP contribution in [0.15, 0.2) is 5.16 Å². The maximum atomic E-state index is 12.2. The first kappa shape index (κ1) is 14.3. The number of carboxylic acid groups (broad SMARTS) is 1. The molecule has 2 bridgehead atoms. The summed E-state index contributed by atoms with van der Waals surface area (Å²) >= 11 is 0. The number of rotatable bonds is 3. The highest BCUT2D eigenvalue weighted by Crippen LogP contribution is 2.32. The van der Waals surface area contributed by atoms with Crippen LogP contribution in [0.25, 0.3) is 0 Å². The second-order valence-corrected chi connectivity index (χ2v) is 6.22. The minimum atomic E-state index is -1.13. The van der Waals surface area contributed by atoms with Gasteiger partial charge in [0.1, 0.15) is 0 Å². The number of fused-ring (bicyclic) bond motifs is 2. The molecule has 0 saturated carbocycles. The van der Waals surface area contributed by atoms with Crippen molar-refractivity contribution in [3.8, 4) is 0 Å². The van der Waals surface area contributed by atoms with E-state index in [9.17, 15) is 9.59 Å². The predicted molar refractivity (Wildman–Crippen MR) is 74.9 cm³/mol. The molecule has 0 aromatic rings. The maximum Gasteiger partial charge on any atom is 0.353 e. The molecule has 2 N–H and O–H groups in total. The van der Waals surface area contributed by atoms with Gasteiger partial charge in [0.15, 0.2) is 5.71 Å². The Morgan fingerprint density at radius 2 is 2.00 bits per heavy atom. The van der Waals surface area contributed by atoms with Gasteiger partial charge < -0.3 is 20.2 Å². The first-order valence-electron chi connectivity index (χ1n) is 7.53. The lowest BCUT2D eigenvalue weighted by Crippen LogP contribution is -2.56. The van der Waals surface area contributed by atoms with E-state index in [-0.39, 0.29) is 24.1 Å². The average molecular weight is 295 g/mol. The highest BCUT2D eigenvalue weighted by atomic mass is 16.6. The van der Waals surface area contributed by atoms with Crippen LogP contribution in [0.4, 0.5) is 0 Å². The van der Waals surface area contributed by atoms with Gasteiger partial charge in [-0.1, -0.05) is 11.6 Å². The molecule has 2 fully saturated rings. The van der Waals surface area contributed by atoms with Crippen LogP contribution in [0.2, 0.25) is 0 Å². The Bertz CT molecular complexity index is 465. The van der Waals surface area contributed by atoms with Gasteiger partial charge in [0, 0.05) is 24.5 Å². The Labute approximate surface area is 123 Å². The summed E-state index contributed by atoms with van der Waals surface area (Å²) < 4.78 is 0. The fourth-order valence-electron chi connectivity index (χ4n) is 3.67. The number of nitrogens with zero attached hydrogens (tertiary/aromatic N) is 2. The topological polar surface area (TPSA) is 91.2 Å². The number of piperidine rings is 2. The minimum absolute atomic E-state index is 0.0423. The normalized spacial score (nSPS) is 35.8. The number of carboxylic acids is 1. The number of carbonyl (C=O) groups is 2. The number of carbonyl (C=O) groups excluding carboxylic acids is 1. The second kappa shape index (κ2) is 5.63. The Balaban J connectivity index is 1.53. The maximum absolute atomic E-state index is 12.2. The molecule has 0 radical (unpaired) electrons. The molecule has 3 atom stereocenters. The fourth-order valence-corrected chi connectivity index (χ4v) is 3.67. The van der Waals surface area contributed by atoms with Gasteiger partial charge in [-0.2, -0.15) is 0 Å². The van der Waals surface area contributed by atoms with Gasteiger partial charge >= 0.3 is 5.97 Å². The van der Waals surface area contributed by atoms with Crippen LogP contribution < -0.4 is 5.32 Å². The summed E-state index contributed by atoms with van der Waals surface area (Å²) in [5.41, 5.74) is -0.0876. The summed E-state index contributed by atoms with van der Waals surface area (Å²) in [5, 5.41) is 15.3.